The Morgan fingerprint density at radius 3 is 2.67 bits per heavy atom. The summed E-state index contributed by atoms with van der Waals surface area (Å²) >= 11 is 3.44. The number of carbonyl (C=O) groups excluding carboxylic acids is 2. The predicted octanol–water partition coefficient (Wildman–Crippen LogP) is 3.28. The first-order chi connectivity index (χ1) is 14.4. The number of likely N-dealkylation sites (tertiary alicyclic amines) is 1. The molecule has 0 radical (unpaired) electrons. The highest BCUT2D eigenvalue weighted by molar-refractivity contribution is 9.10. The molecule has 0 saturated carbocycles. The maximum Gasteiger partial charge on any atom is 0.317 e. The highest BCUT2D eigenvalue weighted by Crippen LogP contribution is 2.29. The van der Waals surface area contributed by atoms with Gasteiger partial charge in [-0.1, -0.05) is 22.0 Å². The summed E-state index contributed by atoms with van der Waals surface area (Å²) in [6, 6.07) is 9.87. The van der Waals surface area contributed by atoms with Crippen molar-refractivity contribution in [3.05, 3.63) is 46.2 Å². The molecular formula is C22H25BrN4O3. The number of hydrogen-bond donors (Lipinski definition) is 0. The van der Waals surface area contributed by atoms with Gasteiger partial charge in [-0.25, -0.2) is 9.97 Å². The van der Waals surface area contributed by atoms with E-state index in [0.29, 0.717) is 25.6 Å². The third kappa shape index (κ3) is 4.64. The van der Waals surface area contributed by atoms with Crippen LogP contribution in [-0.2, 0) is 9.59 Å². The summed E-state index contributed by atoms with van der Waals surface area (Å²) < 4.78 is 6.90. The minimum absolute atomic E-state index is 0.0140. The van der Waals surface area contributed by atoms with E-state index in [1.807, 2.05) is 49.1 Å². The van der Waals surface area contributed by atoms with Crippen LogP contribution in [0.1, 0.15) is 30.7 Å². The highest BCUT2D eigenvalue weighted by Gasteiger charge is 2.38. The number of halogens is 1. The molecule has 7 nitrogen and oxygen atoms in total. The van der Waals surface area contributed by atoms with Crippen molar-refractivity contribution in [2.45, 2.75) is 39.2 Å². The maximum absolute atomic E-state index is 13.1. The Bertz CT molecular complexity index is 947. The van der Waals surface area contributed by atoms with Gasteiger partial charge in [-0.3, -0.25) is 9.59 Å². The molecule has 2 aromatic rings. The van der Waals surface area contributed by atoms with Crippen molar-refractivity contribution in [2.24, 2.45) is 5.92 Å². The molecule has 2 unspecified atom stereocenters. The van der Waals surface area contributed by atoms with Gasteiger partial charge >= 0.3 is 6.01 Å². The van der Waals surface area contributed by atoms with E-state index in [9.17, 15) is 9.59 Å². The zero-order chi connectivity index (χ0) is 21.3. The van der Waals surface area contributed by atoms with Crippen molar-refractivity contribution >= 4 is 33.4 Å². The zero-order valence-corrected chi connectivity index (χ0v) is 18.8. The summed E-state index contributed by atoms with van der Waals surface area (Å²) in [5, 5.41) is 0. The average Bonchev–Trinajstić information content (AvgIpc) is 3.08. The molecule has 2 aliphatic heterocycles. The van der Waals surface area contributed by atoms with Gasteiger partial charge < -0.3 is 14.5 Å². The second-order valence-corrected chi connectivity index (χ2v) is 8.90. The Labute approximate surface area is 184 Å². The summed E-state index contributed by atoms with van der Waals surface area (Å²) in [6.45, 7) is 5.42. The molecule has 2 saturated heterocycles. The van der Waals surface area contributed by atoms with E-state index in [0.717, 1.165) is 34.4 Å². The van der Waals surface area contributed by atoms with Crippen molar-refractivity contribution < 1.29 is 14.3 Å². The third-order valence-corrected chi connectivity index (χ3v) is 6.01. The molecule has 4 rings (SSSR count). The molecule has 1 aromatic heterocycles. The van der Waals surface area contributed by atoms with Crippen molar-refractivity contribution in [1.82, 2.24) is 14.9 Å². The van der Waals surface area contributed by atoms with Crippen LogP contribution in [0.2, 0.25) is 0 Å². The lowest BCUT2D eigenvalue weighted by molar-refractivity contribution is -0.138. The van der Waals surface area contributed by atoms with Crippen molar-refractivity contribution in [3.63, 3.8) is 0 Å². The summed E-state index contributed by atoms with van der Waals surface area (Å²) in [7, 11) is 0. The number of rotatable bonds is 4. The quantitative estimate of drug-likeness (QED) is 0.682. The number of piperidine rings is 1. The maximum atomic E-state index is 13.1. The van der Waals surface area contributed by atoms with E-state index < -0.39 is 0 Å². The number of benzene rings is 1. The Balaban J connectivity index is 1.40. The van der Waals surface area contributed by atoms with Crippen LogP contribution in [0.15, 0.2) is 34.8 Å². The molecule has 158 valence electrons. The molecule has 0 aliphatic carbocycles. The minimum atomic E-state index is -0.326. The lowest BCUT2D eigenvalue weighted by Crippen LogP contribution is -2.47. The standard InChI is InChI=1S/C22H25BrN4O3/c1-14-9-15(2)25-22(24-14)30-19-7-4-8-26(13-19)21(29)16-10-20(28)27(12-16)18-6-3-5-17(23)11-18/h3,5-6,9,11,16,19H,4,7-8,10,12-13H2,1-2H3. The van der Waals surface area contributed by atoms with Crippen LogP contribution in [0.3, 0.4) is 0 Å². The smallest absolute Gasteiger partial charge is 0.317 e. The average molecular weight is 473 g/mol. The van der Waals surface area contributed by atoms with Gasteiger partial charge in [0, 0.05) is 41.1 Å². The van der Waals surface area contributed by atoms with Crippen molar-refractivity contribution in [3.8, 4) is 6.01 Å². The number of hydrogen-bond acceptors (Lipinski definition) is 5. The molecule has 2 atom stereocenters. The second kappa shape index (κ2) is 8.71. The number of anilines is 1. The largest absolute Gasteiger partial charge is 0.458 e. The predicted molar refractivity (Wildman–Crippen MR) is 116 cm³/mol. The monoisotopic (exact) mass is 472 g/mol. The number of carbonyl (C=O) groups is 2. The molecule has 2 aliphatic rings. The third-order valence-electron chi connectivity index (χ3n) is 5.52. The topological polar surface area (TPSA) is 75.6 Å². The van der Waals surface area contributed by atoms with E-state index in [1.165, 1.54) is 0 Å². The fourth-order valence-electron chi connectivity index (χ4n) is 4.15. The first-order valence-corrected chi connectivity index (χ1v) is 11.0. The van der Waals surface area contributed by atoms with Gasteiger partial charge in [0.1, 0.15) is 6.10 Å². The normalized spacial score (nSPS) is 21.8. The highest BCUT2D eigenvalue weighted by atomic mass is 79.9. The van der Waals surface area contributed by atoms with E-state index >= 15 is 0 Å². The molecule has 8 heteroatoms. The summed E-state index contributed by atoms with van der Waals surface area (Å²) in [4.78, 5) is 37.9. The summed E-state index contributed by atoms with van der Waals surface area (Å²) in [5.74, 6) is -0.317. The Hall–Kier alpha value is -2.48. The molecule has 1 aromatic carbocycles. The first kappa shape index (κ1) is 20.8. The number of amides is 2. The number of aryl methyl sites for hydroxylation is 2. The van der Waals surface area contributed by atoms with Crippen LogP contribution < -0.4 is 9.64 Å². The molecule has 2 fully saturated rings. The molecule has 0 bridgehead atoms. The van der Waals surface area contributed by atoms with Gasteiger partial charge in [-0.05, 0) is 51.0 Å². The Kier molecular flexibility index (Phi) is 6.04. The van der Waals surface area contributed by atoms with Crippen LogP contribution in [-0.4, -0.2) is 52.4 Å². The van der Waals surface area contributed by atoms with Crippen LogP contribution >= 0.6 is 15.9 Å². The van der Waals surface area contributed by atoms with E-state index in [4.69, 9.17) is 4.74 Å². The Morgan fingerprint density at radius 2 is 1.93 bits per heavy atom. The van der Waals surface area contributed by atoms with Crippen LogP contribution in [0, 0.1) is 19.8 Å². The summed E-state index contributed by atoms with van der Waals surface area (Å²) in [5.41, 5.74) is 2.54. The van der Waals surface area contributed by atoms with Gasteiger partial charge in [0.05, 0.1) is 12.5 Å². The van der Waals surface area contributed by atoms with Gasteiger partial charge in [0.25, 0.3) is 0 Å². The van der Waals surface area contributed by atoms with E-state index in [1.54, 1.807) is 4.90 Å². The molecule has 30 heavy (non-hydrogen) atoms. The Morgan fingerprint density at radius 1 is 1.17 bits per heavy atom. The molecule has 3 heterocycles. The van der Waals surface area contributed by atoms with Crippen molar-refractivity contribution in [2.75, 3.05) is 24.5 Å². The van der Waals surface area contributed by atoms with Crippen LogP contribution in [0.4, 0.5) is 5.69 Å². The number of aromatic nitrogens is 2. The number of nitrogens with zero attached hydrogens (tertiary/aromatic N) is 4. The van der Waals surface area contributed by atoms with Gasteiger partial charge in [-0.15, -0.1) is 0 Å². The zero-order valence-electron chi connectivity index (χ0n) is 17.2. The van der Waals surface area contributed by atoms with Gasteiger partial charge in [0.15, 0.2) is 0 Å². The first-order valence-electron chi connectivity index (χ1n) is 10.2. The van der Waals surface area contributed by atoms with Gasteiger partial charge in [-0.2, -0.15) is 0 Å². The number of ether oxygens (including phenoxy) is 1. The van der Waals surface area contributed by atoms with E-state index in [2.05, 4.69) is 25.9 Å². The lowest BCUT2D eigenvalue weighted by atomic mass is 10.0. The minimum Gasteiger partial charge on any atom is -0.458 e. The molecular weight excluding hydrogens is 448 g/mol. The van der Waals surface area contributed by atoms with Crippen molar-refractivity contribution in [1.29, 1.82) is 0 Å². The second-order valence-electron chi connectivity index (χ2n) is 7.98. The van der Waals surface area contributed by atoms with E-state index in [-0.39, 0.29) is 30.3 Å². The van der Waals surface area contributed by atoms with Crippen LogP contribution in [0.5, 0.6) is 6.01 Å². The van der Waals surface area contributed by atoms with Crippen LogP contribution in [0.25, 0.3) is 0 Å². The molecule has 0 N–H and O–H groups in total. The fourth-order valence-corrected chi connectivity index (χ4v) is 4.54. The van der Waals surface area contributed by atoms with Gasteiger partial charge in [0.2, 0.25) is 11.8 Å². The summed E-state index contributed by atoms with van der Waals surface area (Å²) in [6.07, 6.45) is 1.82. The molecule has 0 spiro atoms. The lowest BCUT2D eigenvalue weighted by Gasteiger charge is -2.33. The SMILES string of the molecule is Cc1cc(C)nc(OC2CCCN(C(=O)C3CC(=O)N(c4cccc(Br)c4)C3)C2)n1. The fraction of sp³-hybridized carbons (Fsp3) is 0.455. The molecule has 2 amide bonds.